The Morgan fingerprint density at radius 3 is 2.65 bits per heavy atom. The Morgan fingerprint density at radius 1 is 1.00 bits per heavy atom. The molecule has 0 saturated carbocycles. The molecule has 5 aromatic rings. The molecule has 0 unspecified atom stereocenters. The molecule has 0 aliphatic rings. The van der Waals surface area contributed by atoms with Gasteiger partial charge in [0.1, 0.15) is 10.8 Å². The van der Waals surface area contributed by atoms with Crippen molar-refractivity contribution in [3.05, 3.63) is 72.3 Å². The molecule has 170 valence electrons. The molecule has 1 amide bonds. The number of fused-ring (bicyclic) bond motifs is 2. The molecule has 2 heterocycles. The number of nitrogens with one attached hydrogen (secondary N) is 1. The molecule has 0 atom stereocenters. The van der Waals surface area contributed by atoms with Gasteiger partial charge in [-0.15, -0.1) is 0 Å². The van der Waals surface area contributed by atoms with Crippen LogP contribution in [0.5, 0.6) is 5.75 Å². The van der Waals surface area contributed by atoms with Crippen LogP contribution >= 0.6 is 23.1 Å². The Balaban J connectivity index is 1.36. The molecule has 6 nitrogen and oxygen atoms in total. The number of hydrogen-bond donors (Lipinski definition) is 1. The number of amides is 1. The summed E-state index contributed by atoms with van der Waals surface area (Å²) in [6.45, 7) is 4.59. The summed E-state index contributed by atoms with van der Waals surface area (Å²) in [6, 6.07) is 21.7. The van der Waals surface area contributed by atoms with Crippen LogP contribution in [0.3, 0.4) is 0 Å². The lowest BCUT2D eigenvalue weighted by Crippen LogP contribution is -2.14. The number of benzene rings is 3. The van der Waals surface area contributed by atoms with Crippen molar-refractivity contribution < 1.29 is 9.53 Å². The van der Waals surface area contributed by atoms with Gasteiger partial charge >= 0.3 is 0 Å². The second-order valence-corrected chi connectivity index (χ2v) is 9.65. The molecule has 8 heteroatoms. The summed E-state index contributed by atoms with van der Waals surface area (Å²) in [7, 11) is 0. The minimum atomic E-state index is -0.130. The molecule has 34 heavy (non-hydrogen) atoms. The normalized spacial score (nSPS) is 11.1. The monoisotopic (exact) mass is 486 g/mol. The second kappa shape index (κ2) is 9.79. The molecule has 0 spiro atoms. The van der Waals surface area contributed by atoms with E-state index in [0.29, 0.717) is 17.6 Å². The van der Waals surface area contributed by atoms with Crippen LogP contribution in [-0.4, -0.2) is 33.2 Å². The lowest BCUT2D eigenvalue weighted by Gasteiger charge is -2.09. The molecule has 2 aromatic heterocycles. The third-order valence-electron chi connectivity index (χ3n) is 5.11. The molecule has 3 aromatic carbocycles. The Kier molecular flexibility index (Phi) is 6.42. The lowest BCUT2D eigenvalue weighted by atomic mass is 10.1. The zero-order valence-electron chi connectivity index (χ0n) is 18.7. The minimum Gasteiger partial charge on any atom is -0.494 e. The zero-order valence-corrected chi connectivity index (χ0v) is 20.4. The number of carbonyl (C=O) groups is 1. The maximum absolute atomic E-state index is 12.8. The van der Waals surface area contributed by atoms with E-state index in [-0.39, 0.29) is 11.7 Å². The highest BCUT2D eigenvalue weighted by atomic mass is 32.2. The van der Waals surface area contributed by atoms with Crippen molar-refractivity contribution in [2.75, 3.05) is 17.7 Å². The van der Waals surface area contributed by atoms with Crippen molar-refractivity contribution in [1.29, 1.82) is 0 Å². The van der Waals surface area contributed by atoms with Crippen LogP contribution < -0.4 is 10.1 Å². The molecule has 1 N–H and O–H groups in total. The van der Waals surface area contributed by atoms with Gasteiger partial charge in [-0.05, 0) is 44.2 Å². The van der Waals surface area contributed by atoms with E-state index in [1.807, 2.05) is 74.5 Å². The molecule has 0 saturated heterocycles. The SMILES string of the molecule is CCOc1ccc2nc(NC(=O)CSc3nc(-c4ccccc4)nc4ccc(C)cc34)sc2c1. The number of thioether (sulfide) groups is 1. The quantitative estimate of drug-likeness (QED) is 0.214. The van der Waals surface area contributed by atoms with Gasteiger partial charge in [-0.25, -0.2) is 15.0 Å². The summed E-state index contributed by atoms with van der Waals surface area (Å²) in [5, 5.41) is 5.22. The zero-order chi connectivity index (χ0) is 23.5. The van der Waals surface area contributed by atoms with Crippen LogP contribution in [0.1, 0.15) is 12.5 Å². The van der Waals surface area contributed by atoms with E-state index < -0.39 is 0 Å². The average Bonchev–Trinajstić information content (AvgIpc) is 3.24. The highest BCUT2D eigenvalue weighted by molar-refractivity contribution is 8.00. The molecule has 5 rings (SSSR count). The Hall–Kier alpha value is -3.49. The highest BCUT2D eigenvalue weighted by Crippen LogP contribution is 2.31. The predicted molar refractivity (Wildman–Crippen MR) is 140 cm³/mol. The first kappa shape index (κ1) is 22.3. The van der Waals surface area contributed by atoms with Crippen molar-refractivity contribution in [1.82, 2.24) is 15.0 Å². The van der Waals surface area contributed by atoms with Gasteiger partial charge in [0.2, 0.25) is 5.91 Å². The van der Waals surface area contributed by atoms with Crippen LogP contribution in [-0.2, 0) is 4.79 Å². The molecule has 0 radical (unpaired) electrons. The van der Waals surface area contributed by atoms with Crippen LogP contribution in [0.4, 0.5) is 5.13 Å². The van der Waals surface area contributed by atoms with E-state index in [4.69, 9.17) is 14.7 Å². The largest absolute Gasteiger partial charge is 0.494 e. The summed E-state index contributed by atoms with van der Waals surface area (Å²) in [4.78, 5) is 26.8. The van der Waals surface area contributed by atoms with Gasteiger partial charge in [0, 0.05) is 10.9 Å². The number of hydrogen-bond acceptors (Lipinski definition) is 7. The number of thiazole rings is 1. The predicted octanol–water partition coefficient (Wildman–Crippen LogP) is 6.34. The van der Waals surface area contributed by atoms with E-state index in [9.17, 15) is 4.79 Å². The molecule has 0 aliphatic heterocycles. The number of carbonyl (C=O) groups excluding carboxylic acids is 1. The smallest absolute Gasteiger partial charge is 0.236 e. The first-order chi connectivity index (χ1) is 16.6. The van der Waals surface area contributed by atoms with E-state index in [1.54, 1.807) is 0 Å². The minimum absolute atomic E-state index is 0.130. The number of ether oxygens (including phenoxy) is 1. The van der Waals surface area contributed by atoms with Gasteiger partial charge in [-0.3, -0.25) is 4.79 Å². The van der Waals surface area contributed by atoms with Crippen molar-refractivity contribution >= 4 is 55.3 Å². The van der Waals surface area contributed by atoms with Gasteiger partial charge in [0.15, 0.2) is 11.0 Å². The summed E-state index contributed by atoms with van der Waals surface area (Å²) in [6.07, 6.45) is 0. The number of aryl methyl sites for hydroxylation is 1. The van der Waals surface area contributed by atoms with E-state index in [0.717, 1.165) is 43.0 Å². The fraction of sp³-hybridized carbons (Fsp3) is 0.154. The van der Waals surface area contributed by atoms with Gasteiger partial charge in [-0.1, -0.05) is 65.1 Å². The summed E-state index contributed by atoms with van der Waals surface area (Å²) in [5.41, 5.74) is 3.76. The molecule has 0 bridgehead atoms. The number of aromatic nitrogens is 3. The van der Waals surface area contributed by atoms with Crippen LogP contribution in [0.2, 0.25) is 0 Å². The topological polar surface area (TPSA) is 77.0 Å². The Bertz CT molecular complexity index is 1490. The maximum atomic E-state index is 12.8. The highest BCUT2D eigenvalue weighted by Gasteiger charge is 2.14. The molecular weight excluding hydrogens is 464 g/mol. The number of nitrogens with zero attached hydrogens (tertiary/aromatic N) is 3. The van der Waals surface area contributed by atoms with E-state index in [1.165, 1.54) is 23.1 Å². The van der Waals surface area contributed by atoms with E-state index in [2.05, 4.69) is 16.4 Å². The Morgan fingerprint density at radius 2 is 1.82 bits per heavy atom. The van der Waals surface area contributed by atoms with Crippen molar-refractivity contribution in [3.8, 4) is 17.1 Å². The van der Waals surface area contributed by atoms with Crippen LogP contribution in [0.15, 0.2) is 71.8 Å². The standard InChI is InChI=1S/C26H22N4O2S2/c1-3-32-18-10-12-21-22(14-18)34-26(28-21)29-23(31)15-33-25-19-13-16(2)9-11-20(19)27-24(30-25)17-7-5-4-6-8-17/h4-14H,3,15H2,1-2H3,(H,28,29,31). The van der Waals surface area contributed by atoms with E-state index >= 15 is 0 Å². The summed E-state index contributed by atoms with van der Waals surface area (Å²) >= 11 is 2.84. The second-order valence-electron chi connectivity index (χ2n) is 7.66. The van der Waals surface area contributed by atoms with Crippen LogP contribution in [0.25, 0.3) is 32.5 Å². The number of anilines is 1. The third kappa shape index (κ3) is 4.88. The summed E-state index contributed by atoms with van der Waals surface area (Å²) < 4.78 is 6.52. The fourth-order valence-corrected chi connectivity index (χ4v) is 5.27. The van der Waals surface area contributed by atoms with Gasteiger partial charge in [0.25, 0.3) is 0 Å². The molecule has 0 aliphatic carbocycles. The first-order valence-electron chi connectivity index (χ1n) is 10.9. The summed E-state index contributed by atoms with van der Waals surface area (Å²) in [5.74, 6) is 1.53. The fourth-order valence-electron chi connectivity index (χ4n) is 3.54. The third-order valence-corrected chi connectivity index (χ3v) is 7.03. The first-order valence-corrected chi connectivity index (χ1v) is 12.7. The van der Waals surface area contributed by atoms with Crippen molar-refractivity contribution in [2.45, 2.75) is 18.9 Å². The van der Waals surface area contributed by atoms with Crippen molar-refractivity contribution in [2.24, 2.45) is 0 Å². The lowest BCUT2D eigenvalue weighted by molar-refractivity contribution is -0.113. The average molecular weight is 487 g/mol. The molecular formula is C26H22N4O2S2. The van der Waals surface area contributed by atoms with Gasteiger partial charge in [-0.2, -0.15) is 0 Å². The Labute approximate surface area is 205 Å². The maximum Gasteiger partial charge on any atom is 0.236 e. The number of rotatable bonds is 7. The van der Waals surface area contributed by atoms with Gasteiger partial charge in [0.05, 0.1) is 28.1 Å². The van der Waals surface area contributed by atoms with Crippen LogP contribution in [0, 0.1) is 6.92 Å². The van der Waals surface area contributed by atoms with Gasteiger partial charge < -0.3 is 10.1 Å². The molecule has 0 fully saturated rings. The van der Waals surface area contributed by atoms with Crippen molar-refractivity contribution in [3.63, 3.8) is 0 Å².